The number of carboxylic acids is 1. The molecular formula is C24H30F6O7. The summed E-state index contributed by atoms with van der Waals surface area (Å²) in [6.45, 7) is 7.59. The Kier molecular flexibility index (Phi) is 9.14. The second kappa shape index (κ2) is 10.5. The van der Waals surface area contributed by atoms with Crippen LogP contribution in [0.15, 0.2) is 24.3 Å². The number of esters is 2. The fourth-order valence-corrected chi connectivity index (χ4v) is 3.85. The van der Waals surface area contributed by atoms with Crippen LogP contribution in [0, 0.1) is 23.2 Å². The monoisotopic (exact) mass is 544 g/mol. The van der Waals surface area contributed by atoms with Gasteiger partial charge in [0.2, 0.25) is 0 Å². The number of aliphatic hydroxyl groups is 1. The van der Waals surface area contributed by atoms with E-state index in [1.54, 1.807) is 26.0 Å². The Morgan fingerprint density at radius 1 is 0.811 bits per heavy atom. The first-order valence-electron chi connectivity index (χ1n) is 11.1. The first-order chi connectivity index (χ1) is 16.4. The minimum absolute atomic E-state index is 0.0489. The fraction of sp³-hybridized carbons (Fsp3) is 0.625. The molecular weight excluding hydrogens is 514 g/mol. The molecule has 0 bridgehead atoms. The molecule has 37 heavy (non-hydrogen) atoms. The van der Waals surface area contributed by atoms with Gasteiger partial charge in [-0.25, -0.2) is 0 Å². The lowest BCUT2D eigenvalue weighted by Gasteiger charge is -2.40. The van der Waals surface area contributed by atoms with Gasteiger partial charge in [0.1, 0.15) is 5.75 Å². The van der Waals surface area contributed by atoms with E-state index in [0.29, 0.717) is 0 Å². The van der Waals surface area contributed by atoms with Gasteiger partial charge in [-0.1, -0.05) is 24.6 Å². The third-order valence-corrected chi connectivity index (χ3v) is 6.19. The predicted octanol–water partition coefficient (Wildman–Crippen LogP) is 5.57. The quantitative estimate of drug-likeness (QED) is 0.172. The van der Waals surface area contributed by atoms with Crippen LogP contribution in [0.1, 0.15) is 59.4 Å². The Morgan fingerprint density at radius 2 is 1.27 bits per heavy atom. The normalized spacial score (nSPS) is 16.4. The molecule has 0 heterocycles. The highest BCUT2D eigenvalue weighted by Gasteiger charge is 2.75. The molecule has 2 N–H and O–H groups in total. The standard InChI is InChI=1S/C24H30F6O7/c1-7-20(5,18(34)36-15-10-8-14(2)9-11-15)13-21(6,16(31)32)12-19(3,4)17(33)37-22(35,23(25,26)27)24(28,29)30/h8-11,35H,7,12-13H2,1-6H3,(H,31,32). The maximum absolute atomic E-state index is 13.0. The zero-order valence-electron chi connectivity index (χ0n) is 21.1. The number of benzene rings is 1. The summed E-state index contributed by atoms with van der Waals surface area (Å²) >= 11 is 0. The highest BCUT2D eigenvalue weighted by atomic mass is 19.4. The van der Waals surface area contributed by atoms with Gasteiger partial charge in [0.25, 0.3) is 0 Å². The van der Waals surface area contributed by atoms with Crippen molar-refractivity contribution in [2.75, 3.05) is 0 Å². The Bertz CT molecular complexity index is 986. The zero-order chi connectivity index (χ0) is 29.3. The van der Waals surface area contributed by atoms with Crippen molar-refractivity contribution >= 4 is 17.9 Å². The molecule has 1 aromatic carbocycles. The topological polar surface area (TPSA) is 110 Å². The molecule has 0 amide bonds. The maximum atomic E-state index is 13.0. The highest BCUT2D eigenvalue weighted by Crippen LogP contribution is 2.48. The number of carboxylic acid groups (broad SMARTS) is 1. The maximum Gasteiger partial charge on any atom is 0.465 e. The van der Waals surface area contributed by atoms with E-state index >= 15 is 0 Å². The Hall–Kier alpha value is -2.83. The van der Waals surface area contributed by atoms with E-state index in [0.717, 1.165) is 26.3 Å². The van der Waals surface area contributed by atoms with Gasteiger partial charge in [-0.2, -0.15) is 26.3 Å². The summed E-state index contributed by atoms with van der Waals surface area (Å²) in [6.07, 6.45) is -14.1. The molecule has 0 aliphatic heterocycles. The van der Waals surface area contributed by atoms with Gasteiger partial charge in [0.15, 0.2) is 0 Å². The molecule has 0 spiro atoms. The number of halogens is 6. The number of hydrogen-bond donors (Lipinski definition) is 2. The molecule has 0 radical (unpaired) electrons. The molecule has 0 saturated carbocycles. The summed E-state index contributed by atoms with van der Waals surface area (Å²) in [5.41, 5.74) is -4.88. The van der Waals surface area contributed by atoms with E-state index in [9.17, 15) is 50.9 Å². The number of ether oxygens (including phenoxy) is 2. The van der Waals surface area contributed by atoms with Gasteiger partial charge in [-0.15, -0.1) is 0 Å². The molecule has 1 rings (SSSR count). The summed E-state index contributed by atoms with van der Waals surface area (Å²) in [4.78, 5) is 37.6. The molecule has 2 atom stereocenters. The van der Waals surface area contributed by atoms with E-state index < -0.39 is 65.1 Å². The number of carbonyl (C=O) groups is 3. The minimum Gasteiger partial charge on any atom is -0.481 e. The largest absolute Gasteiger partial charge is 0.481 e. The van der Waals surface area contributed by atoms with Crippen LogP contribution in [0.4, 0.5) is 26.3 Å². The van der Waals surface area contributed by atoms with Crippen molar-refractivity contribution in [3.05, 3.63) is 29.8 Å². The van der Waals surface area contributed by atoms with Crippen LogP contribution in [0.2, 0.25) is 0 Å². The van der Waals surface area contributed by atoms with Crippen LogP contribution in [0.3, 0.4) is 0 Å². The Morgan fingerprint density at radius 3 is 1.65 bits per heavy atom. The van der Waals surface area contributed by atoms with Crippen LogP contribution in [-0.4, -0.2) is 46.3 Å². The predicted molar refractivity (Wildman–Crippen MR) is 117 cm³/mol. The van der Waals surface area contributed by atoms with Crippen LogP contribution >= 0.6 is 0 Å². The van der Waals surface area contributed by atoms with Gasteiger partial charge in [0.05, 0.1) is 16.2 Å². The molecule has 0 aromatic heterocycles. The van der Waals surface area contributed by atoms with Gasteiger partial charge in [0, 0.05) is 0 Å². The highest BCUT2D eigenvalue weighted by molar-refractivity contribution is 5.82. The van der Waals surface area contributed by atoms with Gasteiger partial charge < -0.3 is 19.7 Å². The molecule has 0 fully saturated rings. The lowest BCUT2D eigenvalue weighted by molar-refractivity contribution is -0.446. The smallest absolute Gasteiger partial charge is 0.465 e. The molecule has 0 aliphatic carbocycles. The van der Waals surface area contributed by atoms with E-state index in [-0.39, 0.29) is 12.2 Å². The van der Waals surface area contributed by atoms with E-state index in [1.807, 2.05) is 0 Å². The summed E-state index contributed by atoms with van der Waals surface area (Å²) in [5.74, 6) is -10.2. The number of aryl methyl sites for hydroxylation is 1. The van der Waals surface area contributed by atoms with E-state index in [4.69, 9.17) is 4.74 Å². The Labute approximate surface area is 209 Å². The lowest BCUT2D eigenvalue weighted by Crippen LogP contribution is -2.60. The van der Waals surface area contributed by atoms with Crippen molar-refractivity contribution in [3.8, 4) is 5.75 Å². The molecule has 210 valence electrons. The van der Waals surface area contributed by atoms with Gasteiger partial charge in [-0.3, -0.25) is 14.4 Å². The van der Waals surface area contributed by atoms with Crippen molar-refractivity contribution < 1.29 is 60.4 Å². The third kappa shape index (κ3) is 7.14. The second-order valence-corrected chi connectivity index (χ2v) is 10.2. The summed E-state index contributed by atoms with van der Waals surface area (Å²) in [5, 5.41) is 19.1. The number of carbonyl (C=O) groups excluding carboxylic acids is 2. The van der Waals surface area contributed by atoms with Gasteiger partial charge >= 0.3 is 36.0 Å². The average Bonchev–Trinajstić information content (AvgIpc) is 2.72. The molecule has 2 unspecified atom stereocenters. The second-order valence-electron chi connectivity index (χ2n) is 10.2. The summed E-state index contributed by atoms with van der Waals surface area (Å²) in [7, 11) is 0. The van der Waals surface area contributed by atoms with Gasteiger partial charge in [-0.05, 0) is 66.0 Å². The van der Waals surface area contributed by atoms with E-state index in [1.165, 1.54) is 19.1 Å². The van der Waals surface area contributed by atoms with Crippen LogP contribution in [0.25, 0.3) is 0 Å². The first kappa shape index (κ1) is 32.2. The van der Waals surface area contributed by atoms with Crippen LogP contribution < -0.4 is 4.74 Å². The summed E-state index contributed by atoms with van der Waals surface area (Å²) in [6, 6.07) is 6.37. The average molecular weight is 544 g/mol. The van der Waals surface area contributed by atoms with Crippen LogP contribution in [0.5, 0.6) is 5.75 Å². The van der Waals surface area contributed by atoms with E-state index in [2.05, 4.69) is 4.74 Å². The molecule has 1 aromatic rings. The zero-order valence-corrected chi connectivity index (χ0v) is 21.1. The number of aliphatic carboxylic acids is 1. The molecule has 0 saturated heterocycles. The lowest BCUT2D eigenvalue weighted by atomic mass is 9.65. The molecule has 13 heteroatoms. The number of hydrogen-bond acceptors (Lipinski definition) is 6. The third-order valence-electron chi connectivity index (χ3n) is 6.19. The van der Waals surface area contributed by atoms with Crippen LogP contribution in [-0.2, 0) is 19.1 Å². The van der Waals surface area contributed by atoms with Crippen molar-refractivity contribution in [3.63, 3.8) is 0 Å². The first-order valence-corrected chi connectivity index (χ1v) is 11.1. The van der Waals surface area contributed by atoms with Crippen molar-refractivity contribution in [2.24, 2.45) is 16.2 Å². The Balaban J connectivity index is 3.27. The number of rotatable bonds is 10. The van der Waals surface area contributed by atoms with Crippen molar-refractivity contribution in [2.45, 2.75) is 78.9 Å². The molecule has 0 aliphatic rings. The number of alkyl halides is 6. The summed E-state index contributed by atoms with van der Waals surface area (Å²) < 4.78 is 86.8. The van der Waals surface area contributed by atoms with Crippen molar-refractivity contribution in [1.29, 1.82) is 0 Å². The minimum atomic E-state index is -6.42. The molecule has 7 nitrogen and oxygen atoms in total. The fourth-order valence-electron chi connectivity index (χ4n) is 3.85. The SMILES string of the molecule is CCC(C)(CC(C)(CC(C)(C)C(=O)OC(O)(C(F)(F)F)C(F)(F)F)C(=O)O)C(=O)Oc1ccc(C)cc1. The van der Waals surface area contributed by atoms with Crippen molar-refractivity contribution in [1.82, 2.24) is 0 Å².